The van der Waals surface area contributed by atoms with Crippen LogP contribution in [0.2, 0.25) is 5.02 Å². The third-order valence-corrected chi connectivity index (χ3v) is 6.47. The summed E-state index contributed by atoms with van der Waals surface area (Å²) in [4.78, 5) is 12.7. The molecule has 152 valence electrons. The van der Waals surface area contributed by atoms with E-state index in [1.165, 1.54) is 25.2 Å². The molecule has 0 atom stereocenters. The number of hydrogen-bond acceptors (Lipinski definition) is 4. The normalized spacial score (nSPS) is 11.3. The van der Waals surface area contributed by atoms with E-state index >= 15 is 0 Å². The van der Waals surface area contributed by atoms with Gasteiger partial charge in [-0.25, -0.2) is 13.1 Å². The molecule has 1 heterocycles. The Bertz CT molecular complexity index is 1110. The van der Waals surface area contributed by atoms with Crippen LogP contribution in [0.1, 0.15) is 23.7 Å². The smallest absolute Gasteiger partial charge is 0.264 e. The lowest BCUT2D eigenvalue weighted by Crippen LogP contribution is -2.27. The number of benzene rings is 2. The molecule has 29 heavy (non-hydrogen) atoms. The van der Waals surface area contributed by atoms with Crippen molar-refractivity contribution in [3.63, 3.8) is 0 Å². The summed E-state index contributed by atoms with van der Waals surface area (Å²) in [6, 6.07) is 14.4. The van der Waals surface area contributed by atoms with Gasteiger partial charge in [0.2, 0.25) is 0 Å². The maximum atomic E-state index is 13.0. The number of carbonyl (C=O) groups excluding carboxylic acids is 1. The van der Waals surface area contributed by atoms with Gasteiger partial charge in [-0.2, -0.15) is 5.10 Å². The minimum Gasteiger partial charge on any atom is -0.307 e. The Balaban J connectivity index is 1.91. The average Bonchev–Trinajstić information content (AvgIpc) is 3.15. The summed E-state index contributed by atoms with van der Waals surface area (Å²) in [5.74, 6) is 0.00912. The zero-order valence-corrected chi connectivity index (χ0v) is 17.6. The molecule has 1 aromatic heterocycles. The largest absolute Gasteiger partial charge is 0.307 e. The van der Waals surface area contributed by atoms with E-state index in [0.29, 0.717) is 18.1 Å². The molecule has 0 unspecified atom stereocenters. The van der Waals surface area contributed by atoms with Crippen LogP contribution in [0.3, 0.4) is 0 Å². The van der Waals surface area contributed by atoms with E-state index in [-0.39, 0.29) is 15.5 Å². The second-order valence-corrected chi connectivity index (χ2v) is 8.72. The molecule has 3 aromatic rings. The van der Waals surface area contributed by atoms with E-state index < -0.39 is 15.9 Å². The number of nitrogens with one attached hydrogen (secondary N) is 1. The fourth-order valence-corrected chi connectivity index (χ4v) is 4.21. The number of aryl methyl sites for hydroxylation is 1. The van der Waals surface area contributed by atoms with Crippen molar-refractivity contribution in [2.45, 2.75) is 24.8 Å². The molecule has 2 aromatic carbocycles. The van der Waals surface area contributed by atoms with Gasteiger partial charge >= 0.3 is 0 Å². The summed E-state index contributed by atoms with van der Waals surface area (Å²) in [7, 11) is -2.41. The Kier molecular flexibility index (Phi) is 6.24. The first-order valence-corrected chi connectivity index (χ1v) is 10.8. The second-order valence-electron chi connectivity index (χ2n) is 6.34. The SMILES string of the molecule is CCCn1nccc1NC(=O)c1cc(S(=O)(=O)N(C)c2ccccc2)ccc1Cl. The highest BCUT2D eigenvalue weighted by Gasteiger charge is 2.24. The summed E-state index contributed by atoms with van der Waals surface area (Å²) >= 11 is 6.19. The first kappa shape index (κ1) is 20.9. The molecular weight excluding hydrogens is 412 g/mol. The number of rotatable bonds is 7. The topological polar surface area (TPSA) is 84.3 Å². The highest BCUT2D eigenvalue weighted by molar-refractivity contribution is 7.92. The van der Waals surface area contributed by atoms with Crippen molar-refractivity contribution in [2.75, 3.05) is 16.7 Å². The van der Waals surface area contributed by atoms with E-state index in [1.54, 1.807) is 47.3 Å². The number of sulfonamides is 1. The Hall–Kier alpha value is -2.84. The van der Waals surface area contributed by atoms with Gasteiger partial charge in [0, 0.05) is 19.7 Å². The number of carbonyl (C=O) groups is 1. The average molecular weight is 433 g/mol. The van der Waals surface area contributed by atoms with Crippen molar-refractivity contribution in [3.05, 3.63) is 71.4 Å². The van der Waals surface area contributed by atoms with Crippen LogP contribution in [0.4, 0.5) is 11.5 Å². The number of aromatic nitrogens is 2. The molecule has 1 amide bonds. The summed E-state index contributed by atoms with van der Waals surface area (Å²) in [6.45, 7) is 2.65. The molecule has 0 saturated carbocycles. The number of amides is 1. The number of anilines is 2. The third kappa shape index (κ3) is 4.44. The van der Waals surface area contributed by atoms with Crippen LogP contribution in [0, 0.1) is 0 Å². The molecule has 9 heteroatoms. The van der Waals surface area contributed by atoms with E-state index in [1.807, 2.05) is 6.92 Å². The molecule has 0 radical (unpaired) electrons. The molecular formula is C20H21ClN4O3S. The lowest BCUT2D eigenvalue weighted by molar-refractivity contribution is 0.102. The highest BCUT2D eigenvalue weighted by Crippen LogP contribution is 2.26. The zero-order valence-electron chi connectivity index (χ0n) is 16.0. The van der Waals surface area contributed by atoms with Gasteiger partial charge in [-0.15, -0.1) is 0 Å². The van der Waals surface area contributed by atoms with Crippen LogP contribution in [0.15, 0.2) is 65.7 Å². The molecule has 0 fully saturated rings. The number of halogens is 1. The standard InChI is InChI=1S/C20H21ClN4O3S/c1-3-13-25-19(11-12-22-25)23-20(26)17-14-16(9-10-18(17)21)29(27,28)24(2)15-7-5-4-6-8-15/h4-12,14H,3,13H2,1-2H3,(H,23,26). The number of hydrogen-bond donors (Lipinski definition) is 1. The van der Waals surface area contributed by atoms with Crippen molar-refractivity contribution in [2.24, 2.45) is 0 Å². The monoisotopic (exact) mass is 432 g/mol. The molecule has 0 spiro atoms. The van der Waals surface area contributed by atoms with Gasteiger partial charge in [-0.3, -0.25) is 9.10 Å². The van der Waals surface area contributed by atoms with Crippen LogP contribution in [0.5, 0.6) is 0 Å². The Morgan fingerprint density at radius 1 is 1.17 bits per heavy atom. The van der Waals surface area contributed by atoms with Crippen LogP contribution in [-0.2, 0) is 16.6 Å². The van der Waals surface area contributed by atoms with E-state index in [4.69, 9.17) is 11.6 Å². The lowest BCUT2D eigenvalue weighted by atomic mass is 10.2. The first-order valence-electron chi connectivity index (χ1n) is 9.01. The molecule has 3 rings (SSSR count). The van der Waals surface area contributed by atoms with Gasteiger partial charge in [0.1, 0.15) is 5.82 Å². The maximum Gasteiger partial charge on any atom is 0.264 e. The minimum absolute atomic E-state index is 0.0273. The highest BCUT2D eigenvalue weighted by atomic mass is 35.5. The van der Waals surface area contributed by atoms with Crippen molar-refractivity contribution < 1.29 is 13.2 Å². The van der Waals surface area contributed by atoms with E-state index in [9.17, 15) is 13.2 Å². The van der Waals surface area contributed by atoms with Crippen LogP contribution in [-0.4, -0.2) is 31.2 Å². The Labute approximate surface area is 175 Å². The third-order valence-electron chi connectivity index (χ3n) is 4.35. The number of para-hydroxylation sites is 1. The van der Waals surface area contributed by atoms with Gasteiger partial charge in [0.15, 0.2) is 0 Å². The lowest BCUT2D eigenvalue weighted by Gasteiger charge is -2.20. The molecule has 0 aliphatic heterocycles. The maximum absolute atomic E-state index is 13.0. The van der Waals surface area contributed by atoms with E-state index in [0.717, 1.165) is 10.7 Å². The summed E-state index contributed by atoms with van der Waals surface area (Å²) < 4.78 is 28.8. The fraction of sp³-hybridized carbons (Fsp3) is 0.200. The minimum atomic E-state index is -3.87. The molecule has 0 saturated heterocycles. The second kappa shape index (κ2) is 8.67. The van der Waals surface area contributed by atoms with Gasteiger partial charge in [-0.05, 0) is 36.8 Å². The molecule has 0 aliphatic carbocycles. The first-order chi connectivity index (χ1) is 13.8. The fourth-order valence-electron chi connectivity index (χ4n) is 2.79. The van der Waals surface area contributed by atoms with Crippen LogP contribution in [0.25, 0.3) is 0 Å². The summed E-state index contributed by atoms with van der Waals surface area (Å²) in [5, 5.41) is 7.05. The van der Waals surface area contributed by atoms with Crippen molar-refractivity contribution in [1.82, 2.24) is 9.78 Å². The molecule has 0 bridgehead atoms. The van der Waals surface area contributed by atoms with Gasteiger partial charge < -0.3 is 5.32 Å². The molecule has 0 aliphatic rings. The van der Waals surface area contributed by atoms with Gasteiger partial charge in [0.25, 0.3) is 15.9 Å². The summed E-state index contributed by atoms with van der Waals surface area (Å²) in [6.07, 6.45) is 2.44. The van der Waals surface area contributed by atoms with Crippen molar-refractivity contribution in [1.29, 1.82) is 0 Å². The number of nitrogens with zero attached hydrogens (tertiary/aromatic N) is 3. The van der Waals surface area contributed by atoms with Crippen LogP contribution < -0.4 is 9.62 Å². The zero-order chi connectivity index (χ0) is 21.0. The van der Waals surface area contributed by atoms with E-state index in [2.05, 4.69) is 10.4 Å². The van der Waals surface area contributed by atoms with Gasteiger partial charge in [0.05, 0.1) is 27.4 Å². The van der Waals surface area contributed by atoms with Crippen molar-refractivity contribution in [3.8, 4) is 0 Å². The van der Waals surface area contributed by atoms with Crippen molar-refractivity contribution >= 4 is 39.0 Å². The quantitative estimate of drug-likeness (QED) is 0.611. The molecule has 1 N–H and O–H groups in total. The predicted molar refractivity (Wildman–Crippen MR) is 114 cm³/mol. The summed E-state index contributed by atoms with van der Waals surface area (Å²) in [5.41, 5.74) is 0.579. The van der Waals surface area contributed by atoms with Gasteiger partial charge in [-0.1, -0.05) is 36.7 Å². The predicted octanol–water partition coefficient (Wildman–Crippen LogP) is 4.02. The molecule has 7 nitrogen and oxygen atoms in total. The Morgan fingerprint density at radius 2 is 1.90 bits per heavy atom. The Morgan fingerprint density at radius 3 is 2.59 bits per heavy atom. The van der Waals surface area contributed by atoms with Crippen LogP contribution >= 0.6 is 11.6 Å².